The van der Waals surface area contributed by atoms with Gasteiger partial charge in [0.2, 0.25) is 5.88 Å². The van der Waals surface area contributed by atoms with Crippen molar-refractivity contribution in [2.24, 2.45) is 11.8 Å². The zero-order chi connectivity index (χ0) is 30.9. The quantitative estimate of drug-likeness (QED) is 0.156. The third-order valence-electron chi connectivity index (χ3n) is 9.21. The fraction of sp³-hybridized carbons (Fsp3) is 0.429. The van der Waals surface area contributed by atoms with Gasteiger partial charge in [0.15, 0.2) is 5.78 Å². The van der Waals surface area contributed by atoms with Crippen molar-refractivity contribution in [3.8, 4) is 5.88 Å². The maximum atomic E-state index is 14.7. The molecule has 45 heavy (non-hydrogen) atoms. The van der Waals surface area contributed by atoms with E-state index in [2.05, 4.69) is 9.47 Å². The topological polar surface area (TPSA) is 95.8 Å². The fourth-order valence-electron chi connectivity index (χ4n) is 6.24. The van der Waals surface area contributed by atoms with E-state index in [4.69, 9.17) is 24.2 Å². The van der Waals surface area contributed by atoms with Crippen molar-refractivity contribution in [3.63, 3.8) is 0 Å². The Morgan fingerprint density at radius 3 is 2.49 bits per heavy atom. The Morgan fingerprint density at radius 1 is 0.978 bits per heavy atom. The molecule has 1 unspecified atom stereocenters. The zero-order valence-electron chi connectivity index (χ0n) is 25.4. The summed E-state index contributed by atoms with van der Waals surface area (Å²) < 4.78 is 33.5. The minimum absolute atomic E-state index is 0.0238. The van der Waals surface area contributed by atoms with E-state index in [1.54, 1.807) is 24.3 Å². The number of rotatable bonds is 11. The number of ketones is 1. The Balaban J connectivity index is 0.981. The summed E-state index contributed by atoms with van der Waals surface area (Å²) in [5.41, 5.74) is 3.15. The molecule has 3 fully saturated rings. The molecule has 7 rings (SSSR count). The fourth-order valence-corrected chi connectivity index (χ4v) is 6.24. The van der Waals surface area contributed by atoms with Crippen LogP contribution in [-0.2, 0) is 29.0 Å². The number of ether oxygens (including phenoxy) is 3. The molecule has 1 atom stereocenters. The van der Waals surface area contributed by atoms with Gasteiger partial charge < -0.3 is 23.7 Å². The van der Waals surface area contributed by atoms with Crippen molar-refractivity contribution in [2.75, 3.05) is 31.7 Å². The van der Waals surface area contributed by atoms with Crippen molar-refractivity contribution in [2.45, 2.75) is 57.8 Å². The molecule has 0 amide bonds. The maximum absolute atomic E-state index is 14.7. The van der Waals surface area contributed by atoms with Crippen LogP contribution in [0.1, 0.15) is 64.2 Å². The summed E-state index contributed by atoms with van der Waals surface area (Å²) >= 11 is 0. The number of imidazole rings is 1. The lowest BCUT2D eigenvalue weighted by atomic mass is 9.93. The number of anilines is 1. The number of carbonyl (C=O) groups excluding carboxylic acids is 2. The molecule has 2 saturated heterocycles. The van der Waals surface area contributed by atoms with Crippen LogP contribution >= 0.6 is 0 Å². The van der Waals surface area contributed by atoms with Crippen LogP contribution in [0, 0.1) is 17.7 Å². The number of benzene rings is 2. The van der Waals surface area contributed by atoms with Gasteiger partial charge in [-0.15, -0.1) is 0 Å². The van der Waals surface area contributed by atoms with Crippen molar-refractivity contribution in [1.29, 1.82) is 0 Å². The lowest BCUT2D eigenvalue weighted by Gasteiger charge is -2.33. The largest absolute Gasteiger partial charge is 0.473 e. The van der Waals surface area contributed by atoms with Gasteiger partial charge in [-0.3, -0.25) is 4.79 Å². The number of nitrogens with zero attached hydrogens (tertiary/aromatic N) is 4. The normalized spacial score (nSPS) is 18.5. The number of piperidine rings is 1. The summed E-state index contributed by atoms with van der Waals surface area (Å²) in [6, 6.07) is 15.8. The van der Waals surface area contributed by atoms with E-state index in [9.17, 15) is 14.0 Å². The number of carbonyl (C=O) groups is 2. The first-order valence-electron chi connectivity index (χ1n) is 15.8. The summed E-state index contributed by atoms with van der Waals surface area (Å²) in [7, 11) is 1.39. The van der Waals surface area contributed by atoms with Crippen LogP contribution in [0.3, 0.4) is 0 Å². The molecule has 4 aromatic rings. The van der Waals surface area contributed by atoms with E-state index in [1.165, 1.54) is 13.2 Å². The first kappa shape index (κ1) is 29.4. The van der Waals surface area contributed by atoms with E-state index >= 15 is 0 Å². The Morgan fingerprint density at radius 2 is 1.78 bits per heavy atom. The van der Waals surface area contributed by atoms with Crippen molar-refractivity contribution in [3.05, 3.63) is 82.9 Å². The van der Waals surface area contributed by atoms with Crippen LogP contribution in [0.2, 0.25) is 0 Å². The number of hydrogen-bond acceptors (Lipinski definition) is 8. The second-order valence-corrected chi connectivity index (χ2v) is 12.3. The van der Waals surface area contributed by atoms with Crippen LogP contribution in [0.15, 0.2) is 54.6 Å². The van der Waals surface area contributed by atoms with E-state index in [0.29, 0.717) is 28.5 Å². The number of aromatic nitrogens is 3. The Hall–Kier alpha value is -4.31. The van der Waals surface area contributed by atoms with Gasteiger partial charge >= 0.3 is 5.97 Å². The molecule has 9 nitrogen and oxygen atoms in total. The van der Waals surface area contributed by atoms with Crippen LogP contribution in [0.5, 0.6) is 5.88 Å². The van der Waals surface area contributed by atoms with Gasteiger partial charge in [0.05, 0.1) is 36.4 Å². The highest BCUT2D eigenvalue weighted by molar-refractivity contribution is 5.99. The lowest BCUT2D eigenvalue weighted by Crippen LogP contribution is -2.35. The SMILES string of the molecule is COC(=O)c1ccc2nc(CC3CCN(c4cccc(OCc5ccc(C(=O)C6CC6)cc5F)n4)CC3)n(CC3CCO3)c2c1. The first-order chi connectivity index (χ1) is 21.9. The van der Waals surface area contributed by atoms with Crippen LogP contribution in [0.25, 0.3) is 11.0 Å². The molecular weight excluding hydrogens is 575 g/mol. The Labute approximate surface area is 261 Å². The third-order valence-corrected chi connectivity index (χ3v) is 9.21. The highest BCUT2D eigenvalue weighted by atomic mass is 19.1. The van der Waals surface area contributed by atoms with Gasteiger partial charge in [0.25, 0.3) is 0 Å². The minimum atomic E-state index is -0.433. The molecule has 0 radical (unpaired) electrons. The summed E-state index contributed by atoms with van der Waals surface area (Å²) in [5.74, 6) is 2.04. The molecule has 10 heteroatoms. The van der Waals surface area contributed by atoms with Crippen molar-refractivity contribution < 1.29 is 28.2 Å². The number of hydrogen-bond donors (Lipinski definition) is 0. The molecular formula is C35H37FN4O5. The van der Waals surface area contributed by atoms with Crippen LogP contribution in [0.4, 0.5) is 10.2 Å². The summed E-state index contributed by atoms with van der Waals surface area (Å²) in [6.07, 6.45) is 5.79. The van der Waals surface area contributed by atoms with Gasteiger partial charge in [-0.25, -0.2) is 14.2 Å². The maximum Gasteiger partial charge on any atom is 0.337 e. The molecule has 1 saturated carbocycles. The van der Waals surface area contributed by atoms with Gasteiger partial charge in [0, 0.05) is 49.2 Å². The van der Waals surface area contributed by atoms with E-state index in [1.807, 2.05) is 24.3 Å². The number of halogens is 1. The molecule has 234 valence electrons. The van der Waals surface area contributed by atoms with E-state index in [-0.39, 0.29) is 30.4 Å². The summed E-state index contributed by atoms with van der Waals surface area (Å²) in [4.78, 5) is 36.4. The minimum Gasteiger partial charge on any atom is -0.473 e. The lowest BCUT2D eigenvalue weighted by molar-refractivity contribution is -0.0590. The van der Waals surface area contributed by atoms with Crippen molar-refractivity contribution in [1.82, 2.24) is 14.5 Å². The second kappa shape index (κ2) is 12.6. The van der Waals surface area contributed by atoms with E-state index < -0.39 is 5.82 Å². The molecule has 1 aliphatic carbocycles. The highest BCUT2D eigenvalue weighted by Gasteiger charge is 2.31. The second-order valence-electron chi connectivity index (χ2n) is 12.3. The Bertz CT molecular complexity index is 1720. The van der Waals surface area contributed by atoms with E-state index in [0.717, 1.165) is 87.4 Å². The molecule has 2 aromatic heterocycles. The molecule has 3 aliphatic rings. The number of pyridine rings is 1. The summed E-state index contributed by atoms with van der Waals surface area (Å²) in [6.45, 7) is 3.25. The molecule has 2 aromatic carbocycles. The monoisotopic (exact) mass is 612 g/mol. The van der Waals surface area contributed by atoms with Crippen LogP contribution in [-0.4, -0.2) is 59.2 Å². The molecule has 4 heterocycles. The third kappa shape index (κ3) is 6.42. The molecule has 2 aliphatic heterocycles. The van der Waals surface area contributed by atoms with Gasteiger partial charge in [-0.1, -0.05) is 18.2 Å². The number of fused-ring (bicyclic) bond motifs is 1. The van der Waals surface area contributed by atoms with Crippen LogP contribution < -0.4 is 9.64 Å². The summed E-state index contributed by atoms with van der Waals surface area (Å²) in [5, 5.41) is 0. The standard InChI is InChI=1S/C35H37FN4O5/c1-43-35(42)25-9-10-29-30(19-25)40(20-27-13-16-44-27)32(37-29)17-22-11-14-39(15-12-22)31-3-2-4-33(38-31)45-21-26-8-7-24(18-28(26)36)34(41)23-5-6-23/h2-4,7-10,18-19,22-23,27H,5-6,11-17,20-21H2,1H3. The predicted octanol–water partition coefficient (Wildman–Crippen LogP) is 5.78. The number of methoxy groups -OCH3 is 1. The predicted molar refractivity (Wildman–Crippen MR) is 166 cm³/mol. The highest BCUT2D eigenvalue weighted by Crippen LogP contribution is 2.33. The smallest absolute Gasteiger partial charge is 0.337 e. The average molecular weight is 613 g/mol. The van der Waals surface area contributed by atoms with Gasteiger partial charge in [-0.2, -0.15) is 4.98 Å². The van der Waals surface area contributed by atoms with Crippen molar-refractivity contribution >= 4 is 28.6 Å². The number of esters is 1. The Kier molecular flexibility index (Phi) is 8.23. The average Bonchev–Trinajstić information content (AvgIpc) is 3.84. The molecule has 0 bridgehead atoms. The van der Waals surface area contributed by atoms with Gasteiger partial charge in [-0.05, 0) is 68.4 Å². The molecule has 0 N–H and O–H groups in total. The number of Topliss-reactive ketones (excluding diaryl/α,β-unsaturated/α-hetero) is 1. The first-order valence-corrected chi connectivity index (χ1v) is 15.8. The molecule has 0 spiro atoms. The zero-order valence-corrected chi connectivity index (χ0v) is 25.4. The van der Waals surface area contributed by atoms with Gasteiger partial charge in [0.1, 0.15) is 24.1 Å².